The summed E-state index contributed by atoms with van der Waals surface area (Å²) < 4.78 is 11.9. The van der Waals surface area contributed by atoms with Crippen LogP contribution in [0.2, 0.25) is 0 Å². The summed E-state index contributed by atoms with van der Waals surface area (Å²) in [6.07, 6.45) is 18.8. The molecule has 0 aromatic carbocycles. The molecule has 0 saturated heterocycles. The van der Waals surface area contributed by atoms with Gasteiger partial charge in [0, 0.05) is 17.4 Å². The third-order valence-corrected chi connectivity index (χ3v) is 8.61. The second kappa shape index (κ2) is 12.2. The highest BCUT2D eigenvalue weighted by Gasteiger charge is 2.52. The fourth-order valence-electron chi connectivity index (χ4n) is 6.94. The molecule has 2 heterocycles. The van der Waals surface area contributed by atoms with Gasteiger partial charge in [-0.2, -0.15) is 0 Å². The molecule has 5 nitrogen and oxygen atoms in total. The highest BCUT2D eigenvalue weighted by Crippen LogP contribution is 2.52. The third-order valence-electron chi connectivity index (χ3n) is 8.61. The Balaban J connectivity index is 1.37. The lowest BCUT2D eigenvalue weighted by Crippen LogP contribution is -2.45. The van der Waals surface area contributed by atoms with Gasteiger partial charge in [0.25, 0.3) is 0 Å². The normalized spacial score (nSPS) is 32.2. The van der Waals surface area contributed by atoms with Crippen molar-refractivity contribution in [2.75, 3.05) is 0 Å². The smallest absolute Gasteiger partial charge is 0.342 e. The largest absolute Gasteiger partial charge is 0.423 e. The number of allylic oxidation sites excluding steroid dienone is 11. The molecule has 4 rings (SSSR count). The minimum atomic E-state index is -0.582. The topological polar surface area (TPSA) is 76.0 Å². The van der Waals surface area contributed by atoms with Gasteiger partial charge in [-0.1, -0.05) is 81.6 Å². The second-order valence-corrected chi connectivity index (χ2v) is 13.7. The summed E-state index contributed by atoms with van der Waals surface area (Å²) in [6.45, 7) is 16.5. The van der Waals surface area contributed by atoms with Crippen LogP contribution in [0.5, 0.6) is 0 Å². The Hall–Kier alpha value is -3.17. The molecule has 1 saturated carbocycles. The van der Waals surface area contributed by atoms with Gasteiger partial charge in [-0.05, 0) is 87.3 Å². The van der Waals surface area contributed by atoms with Crippen LogP contribution in [-0.4, -0.2) is 40.1 Å². The number of hydrogen-bond donors (Lipinski definition) is 2. The van der Waals surface area contributed by atoms with Crippen LogP contribution in [0.4, 0.5) is 0 Å². The molecule has 4 atom stereocenters. The third kappa shape index (κ3) is 7.24. The predicted octanol–water partition coefficient (Wildman–Crippen LogP) is 7.12. The molecule has 0 spiro atoms. The van der Waals surface area contributed by atoms with E-state index in [0.717, 1.165) is 28.7 Å². The fraction of sp³-hybridized carbons (Fsp3) is 0.486. The van der Waals surface area contributed by atoms with Crippen molar-refractivity contribution < 1.29 is 24.5 Å². The quantitative estimate of drug-likeness (QED) is 0.159. The van der Waals surface area contributed by atoms with E-state index in [1.54, 1.807) is 6.08 Å². The monoisotopic (exact) mass is 570 g/mol. The van der Waals surface area contributed by atoms with Crippen molar-refractivity contribution in [1.82, 2.24) is 0 Å². The number of fused-ring (bicyclic) bond motifs is 1. The van der Waals surface area contributed by atoms with Gasteiger partial charge in [0.2, 0.25) is 0 Å². The van der Waals surface area contributed by atoms with Gasteiger partial charge in [0.05, 0.1) is 23.4 Å². The molecule has 224 valence electrons. The number of ether oxygens (including phenoxy) is 2. The number of hydrogen-bond acceptors (Lipinski definition) is 5. The van der Waals surface area contributed by atoms with Gasteiger partial charge in [-0.15, -0.1) is 0 Å². The summed E-state index contributed by atoms with van der Waals surface area (Å²) in [6, 6.07) is 0. The summed E-state index contributed by atoms with van der Waals surface area (Å²) in [7, 11) is 0. The molecular weight excluding hydrogens is 524 g/mol. The van der Waals surface area contributed by atoms with E-state index in [-0.39, 0.29) is 16.9 Å². The van der Waals surface area contributed by atoms with Crippen molar-refractivity contribution in [2.45, 2.75) is 105 Å². The fourth-order valence-corrected chi connectivity index (χ4v) is 6.94. The number of carbonyl (C=O) groups excluding carboxylic acids is 1. The molecule has 5 heteroatoms. The van der Waals surface area contributed by atoms with E-state index < -0.39 is 23.8 Å². The van der Waals surface area contributed by atoms with Crippen LogP contribution < -0.4 is 0 Å². The van der Waals surface area contributed by atoms with E-state index >= 15 is 0 Å². The van der Waals surface area contributed by atoms with Crippen molar-refractivity contribution in [3.63, 3.8) is 0 Å². The van der Waals surface area contributed by atoms with Crippen LogP contribution in [0, 0.1) is 22.7 Å². The average Bonchev–Trinajstić information content (AvgIpc) is 3.38. The summed E-state index contributed by atoms with van der Waals surface area (Å²) in [5.74, 6) is 6.71. The van der Waals surface area contributed by atoms with Crippen LogP contribution in [0.25, 0.3) is 0 Å². The highest BCUT2D eigenvalue weighted by atomic mass is 16.6. The Kier molecular flexibility index (Phi) is 9.23. The summed E-state index contributed by atoms with van der Waals surface area (Å²) in [5, 5.41) is 20.5. The molecule has 1 unspecified atom stereocenters. The van der Waals surface area contributed by atoms with Crippen LogP contribution in [0.1, 0.15) is 81.1 Å². The van der Waals surface area contributed by atoms with Gasteiger partial charge in [-0.3, -0.25) is 0 Å². The first-order valence-electron chi connectivity index (χ1n) is 14.9. The minimum Gasteiger partial charge on any atom is -0.423 e. The number of esters is 1. The molecule has 1 fully saturated rings. The molecule has 2 N–H and O–H groups in total. The Morgan fingerprint density at radius 1 is 0.952 bits per heavy atom. The van der Waals surface area contributed by atoms with E-state index in [1.807, 2.05) is 69.4 Å². The van der Waals surface area contributed by atoms with Gasteiger partial charge in [0.15, 0.2) is 0 Å². The Bertz CT molecular complexity index is 1430. The SMILES string of the molecule is CC1=C(C#C/C(C)=C/C=C/C=C/C=C(C)/C=C2/C=C(C3C=C4C(C)(C)C[C@H](O)C[C@@]4(C)O3)C(=O)O2)C(C)(C)C[C@H](O)C1. The van der Waals surface area contributed by atoms with Crippen LogP contribution in [0.3, 0.4) is 0 Å². The average molecular weight is 571 g/mol. The van der Waals surface area contributed by atoms with Crippen LogP contribution in [0.15, 0.2) is 93.9 Å². The molecule has 0 aromatic rings. The van der Waals surface area contributed by atoms with E-state index in [9.17, 15) is 15.0 Å². The number of cyclic esters (lactones) is 1. The molecule has 0 aromatic heterocycles. The first-order valence-corrected chi connectivity index (χ1v) is 14.9. The van der Waals surface area contributed by atoms with E-state index in [1.165, 1.54) is 5.57 Å². The Labute approximate surface area is 251 Å². The van der Waals surface area contributed by atoms with Gasteiger partial charge < -0.3 is 19.7 Å². The highest BCUT2D eigenvalue weighted by molar-refractivity contribution is 5.94. The molecule has 2 aliphatic heterocycles. The molecule has 0 amide bonds. The number of aliphatic hydroxyl groups excluding tert-OH is 2. The molecule has 2 aliphatic carbocycles. The van der Waals surface area contributed by atoms with Crippen molar-refractivity contribution in [1.29, 1.82) is 0 Å². The summed E-state index contributed by atoms with van der Waals surface area (Å²) >= 11 is 0. The standard InChI is InChI=1S/C37H46O5/c1-24(15-16-31-26(3)18-27(38)21-35(31,4)5)13-11-9-10-12-14-25(2)17-29-19-30(34(40)41-29)32-20-33-36(6,7)22-28(39)23-37(33,8)42-32/h9-14,17,19-20,27-28,32,38-39H,18,21-23H2,1-8H3/b11-9+,12-10+,24-13+,25-14+,29-17-/t27-,28+,32?,37-/m1/s1. The molecule has 42 heavy (non-hydrogen) atoms. The zero-order chi connectivity index (χ0) is 30.9. The first-order chi connectivity index (χ1) is 19.6. The number of aliphatic hydroxyl groups is 2. The van der Waals surface area contributed by atoms with E-state index in [4.69, 9.17) is 9.47 Å². The summed E-state index contributed by atoms with van der Waals surface area (Å²) in [4.78, 5) is 12.7. The predicted molar refractivity (Wildman–Crippen MR) is 168 cm³/mol. The molecule has 4 aliphatic rings. The lowest BCUT2D eigenvalue weighted by molar-refractivity contribution is -0.135. The maximum absolute atomic E-state index is 12.7. The number of carbonyl (C=O) groups is 1. The molecular formula is C37H46O5. The maximum atomic E-state index is 12.7. The molecule has 0 radical (unpaired) electrons. The Morgan fingerprint density at radius 2 is 1.62 bits per heavy atom. The van der Waals surface area contributed by atoms with Gasteiger partial charge >= 0.3 is 5.97 Å². The van der Waals surface area contributed by atoms with E-state index in [2.05, 4.69) is 46.5 Å². The van der Waals surface area contributed by atoms with Crippen molar-refractivity contribution >= 4 is 5.97 Å². The van der Waals surface area contributed by atoms with Crippen molar-refractivity contribution in [3.8, 4) is 11.8 Å². The molecule has 0 bridgehead atoms. The van der Waals surface area contributed by atoms with Crippen LogP contribution >= 0.6 is 0 Å². The zero-order valence-corrected chi connectivity index (χ0v) is 26.4. The van der Waals surface area contributed by atoms with Gasteiger partial charge in [0.1, 0.15) is 11.9 Å². The summed E-state index contributed by atoms with van der Waals surface area (Å²) in [5.41, 5.74) is 4.97. The maximum Gasteiger partial charge on any atom is 0.342 e. The van der Waals surface area contributed by atoms with Crippen molar-refractivity contribution in [3.05, 3.63) is 93.9 Å². The van der Waals surface area contributed by atoms with Crippen LogP contribution in [-0.2, 0) is 14.3 Å². The number of rotatable bonds is 5. The van der Waals surface area contributed by atoms with Gasteiger partial charge in [-0.25, -0.2) is 4.79 Å². The zero-order valence-electron chi connectivity index (χ0n) is 26.4. The van der Waals surface area contributed by atoms with E-state index in [0.29, 0.717) is 30.6 Å². The minimum absolute atomic E-state index is 0.109. The lowest BCUT2D eigenvalue weighted by atomic mass is 9.65. The first kappa shape index (κ1) is 31.8. The lowest BCUT2D eigenvalue weighted by Gasteiger charge is -2.44. The van der Waals surface area contributed by atoms with Crippen molar-refractivity contribution in [2.24, 2.45) is 10.8 Å². The second-order valence-electron chi connectivity index (χ2n) is 13.7. The Morgan fingerprint density at radius 3 is 2.31 bits per heavy atom.